The number of benzene rings is 2. The lowest BCUT2D eigenvalue weighted by molar-refractivity contribution is 1.07. The Kier molecular flexibility index (Phi) is 4.80. The number of nitrogens with one attached hydrogen (secondary N) is 2. The topological polar surface area (TPSA) is 57.4 Å². The summed E-state index contributed by atoms with van der Waals surface area (Å²) in [6, 6.07) is 22.8. The summed E-state index contributed by atoms with van der Waals surface area (Å²) in [5, 5.41) is 8.70. The summed E-state index contributed by atoms with van der Waals surface area (Å²) in [6.07, 6.45) is 13.9. The fraction of sp³-hybridized carbons (Fsp3) is 0. The largest absolute Gasteiger partial charge is 0.361 e. The Labute approximate surface area is 174 Å². The highest BCUT2D eigenvalue weighted by molar-refractivity contribution is 5.84. The van der Waals surface area contributed by atoms with Gasteiger partial charge in [-0.3, -0.25) is 10.1 Å². The van der Waals surface area contributed by atoms with Crippen molar-refractivity contribution in [3.63, 3.8) is 0 Å². The van der Waals surface area contributed by atoms with E-state index in [2.05, 4.69) is 74.8 Å². The zero-order chi connectivity index (χ0) is 20.2. The van der Waals surface area contributed by atoms with Gasteiger partial charge in [-0.2, -0.15) is 5.10 Å². The van der Waals surface area contributed by atoms with Crippen LogP contribution < -0.4 is 0 Å². The molecular formula is C26H20N4. The zero-order valence-corrected chi connectivity index (χ0v) is 16.3. The molecule has 0 saturated carbocycles. The van der Waals surface area contributed by atoms with Crippen molar-refractivity contribution in [2.24, 2.45) is 0 Å². The van der Waals surface area contributed by atoms with Crippen LogP contribution in [0.1, 0.15) is 22.5 Å². The minimum Gasteiger partial charge on any atom is -0.361 e. The van der Waals surface area contributed by atoms with Crippen LogP contribution in [0.25, 0.3) is 46.3 Å². The van der Waals surface area contributed by atoms with Crippen molar-refractivity contribution < 1.29 is 0 Å². The summed E-state index contributed by atoms with van der Waals surface area (Å²) in [5.74, 6) is 0. The SMILES string of the molecule is C(=Cc1cc(C=Cc2ccccc2-c2cccnc2)[nH]n1)c1ccc2cc[nH]c2c1. The highest BCUT2D eigenvalue weighted by Crippen LogP contribution is 2.24. The Bertz CT molecular complexity index is 1340. The number of nitrogens with zero attached hydrogens (tertiary/aromatic N) is 2. The molecule has 0 amide bonds. The van der Waals surface area contributed by atoms with Crippen molar-refractivity contribution in [1.29, 1.82) is 0 Å². The minimum absolute atomic E-state index is 0.891. The van der Waals surface area contributed by atoms with Crippen LogP contribution in [0.3, 0.4) is 0 Å². The lowest BCUT2D eigenvalue weighted by Crippen LogP contribution is -1.83. The molecule has 0 radical (unpaired) electrons. The van der Waals surface area contributed by atoms with Gasteiger partial charge in [-0.15, -0.1) is 0 Å². The number of aromatic amines is 2. The summed E-state index contributed by atoms with van der Waals surface area (Å²) in [4.78, 5) is 7.48. The van der Waals surface area contributed by atoms with E-state index in [4.69, 9.17) is 0 Å². The van der Waals surface area contributed by atoms with Gasteiger partial charge < -0.3 is 4.98 Å². The summed E-state index contributed by atoms with van der Waals surface area (Å²) in [7, 11) is 0. The fourth-order valence-corrected chi connectivity index (χ4v) is 3.48. The highest BCUT2D eigenvalue weighted by atomic mass is 15.1. The minimum atomic E-state index is 0.891. The van der Waals surface area contributed by atoms with Gasteiger partial charge in [0, 0.05) is 29.7 Å². The molecule has 4 nitrogen and oxygen atoms in total. The Morgan fingerprint density at radius 1 is 0.800 bits per heavy atom. The maximum Gasteiger partial charge on any atom is 0.0854 e. The molecule has 0 unspecified atom stereocenters. The average Bonchev–Trinajstić information content (AvgIpc) is 3.46. The van der Waals surface area contributed by atoms with Crippen LogP contribution in [0.2, 0.25) is 0 Å². The molecule has 0 aliphatic carbocycles. The standard InChI is InChI=1S/C26H20N4/c1-2-6-25(22-5-3-14-27-18-22)20(4-1)10-12-24-17-23(29-30-24)11-8-19-7-9-21-13-15-28-26(21)16-19/h1-18,28H,(H,29,30). The smallest absolute Gasteiger partial charge is 0.0854 e. The Hall–Kier alpha value is -4.18. The third-order valence-corrected chi connectivity index (χ3v) is 5.02. The third-order valence-electron chi connectivity index (χ3n) is 5.02. The van der Waals surface area contributed by atoms with Crippen molar-refractivity contribution in [3.05, 3.63) is 108 Å². The molecule has 5 aromatic rings. The second-order valence-corrected chi connectivity index (χ2v) is 7.07. The Balaban J connectivity index is 1.34. The van der Waals surface area contributed by atoms with E-state index in [1.54, 1.807) is 6.20 Å². The van der Waals surface area contributed by atoms with E-state index in [0.29, 0.717) is 0 Å². The first-order valence-electron chi connectivity index (χ1n) is 9.83. The molecule has 0 bridgehead atoms. The molecule has 144 valence electrons. The molecule has 0 spiro atoms. The first-order chi connectivity index (χ1) is 14.8. The van der Waals surface area contributed by atoms with Gasteiger partial charge in [0.2, 0.25) is 0 Å². The van der Waals surface area contributed by atoms with Crippen molar-refractivity contribution in [3.8, 4) is 11.1 Å². The molecule has 2 aromatic carbocycles. The number of rotatable bonds is 5. The first-order valence-corrected chi connectivity index (χ1v) is 9.83. The maximum absolute atomic E-state index is 4.40. The van der Waals surface area contributed by atoms with Crippen LogP contribution in [0.5, 0.6) is 0 Å². The van der Waals surface area contributed by atoms with Crippen molar-refractivity contribution in [2.75, 3.05) is 0 Å². The molecule has 0 fully saturated rings. The zero-order valence-electron chi connectivity index (χ0n) is 16.3. The predicted molar refractivity (Wildman–Crippen MR) is 124 cm³/mol. The number of hydrogen-bond acceptors (Lipinski definition) is 2. The van der Waals surface area contributed by atoms with Gasteiger partial charge in [0.05, 0.1) is 11.4 Å². The van der Waals surface area contributed by atoms with E-state index in [1.165, 1.54) is 5.39 Å². The lowest BCUT2D eigenvalue weighted by Gasteiger charge is -2.05. The van der Waals surface area contributed by atoms with Crippen molar-refractivity contribution in [1.82, 2.24) is 20.2 Å². The van der Waals surface area contributed by atoms with E-state index in [9.17, 15) is 0 Å². The van der Waals surface area contributed by atoms with E-state index >= 15 is 0 Å². The van der Waals surface area contributed by atoms with Gasteiger partial charge in [0.25, 0.3) is 0 Å². The second kappa shape index (κ2) is 8.05. The summed E-state index contributed by atoms with van der Waals surface area (Å²) < 4.78 is 0. The van der Waals surface area contributed by atoms with E-state index in [-0.39, 0.29) is 0 Å². The van der Waals surface area contributed by atoms with Crippen LogP contribution in [0.15, 0.2) is 85.3 Å². The summed E-state index contributed by atoms with van der Waals surface area (Å²) >= 11 is 0. The van der Waals surface area contributed by atoms with Crippen LogP contribution in [-0.2, 0) is 0 Å². The fourth-order valence-electron chi connectivity index (χ4n) is 3.48. The molecular weight excluding hydrogens is 368 g/mol. The van der Waals surface area contributed by atoms with E-state index in [1.807, 2.05) is 48.8 Å². The third kappa shape index (κ3) is 3.84. The summed E-state index contributed by atoms with van der Waals surface area (Å²) in [6.45, 7) is 0. The van der Waals surface area contributed by atoms with Crippen LogP contribution >= 0.6 is 0 Å². The molecule has 0 aliphatic heterocycles. The van der Waals surface area contributed by atoms with Crippen LogP contribution in [0.4, 0.5) is 0 Å². The second-order valence-electron chi connectivity index (χ2n) is 7.07. The molecule has 5 rings (SSSR count). The van der Waals surface area contributed by atoms with Gasteiger partial charge in [-0.05, 0) is 58.5 Å². The predicted octanol–water partition coefficient (Wildman–Crippen LogP) is 6.29. The number of aromatic nitrogens is 4. The molecule has 3 aromatic heterocycles. The summed E-state index contributed by atoms with van der Waals surface area (Å²) in [5.41, 5.74) is 7.51. The number of hydrogen-bond donors (Lipinski definition) is 2. The molecule has 0 aliphatic rings. The number of pyridine rings is 1. The lowest BCUT2D eigenvalue weighted by atomic mass is 10.0. The normalized spacial score (nSPS) is 11.7. The molecule has 3 heterocycles. The van der Waals surface area contributed by atoms with E-state index < -0.39 is 0 Å². The van der Waals surface area contributed by atoms with Gasteiger partial charge in [0.1, 0.15) is 0 Å². The van der Waals surface area contributed by atoms with Crippen molar-refractivity contribution in [2.45, 2.75) is 0 Å². The van der Waals surface area contributed by atoms with Crippen LogP contribution in [-0.4, -0.2) is 20.2 Å². The Morgan fingerprint density at radius 2 is 1.77 bits per heavy atom. The van der Waals surface area contributed by atoms with Crippen molar-refractivity contribution >= 4 is 35.2 Å². The van der Waals surface area contributed by atoms with Gasteiger partial charge in [-0.1, -0.05) is 54.6 Å². The molecule has 0 atom stereocenters. The van der Waals surface area contributed by atoms with Gasteiger partial charge >= 0.3 is 0 Å². The number of fused-ring (bicyclic) bond motifs is 1. The van der Waals surface area contributed by atoms with Gasteiger partial charge in [0.15, 0.2) is 0 Å². The molecule has 30 heavy (non-hydrogen) atoms. The van der Waals surface area contributed by atoms with Gasteiger partial charge in [-0.25, -0.2) is 0 Å². The van der Waals surface area contributed by atoms with Crippen LogP contribution in [0, 0.1) is 0 Å². The highest BCUT2D eigenvalue weighted by Gasteiger charge is 2.02. The monoisotopic (exact) mass is 388 g/mol. The molecule has 4 heteroatoms. The Morgan fingerprint density at radius 3 is 2.70 bits per heavy atom. The first kappa shape index (κ1) is 17.9. The van der Waals surface area contributed by atoms with E-state index in [0.717, 1.165) is 39.2 Å². The maximum atomic E-state index is 4.40. The molecule has 2 N–H and O–H groups in total. The number of H-pyrrole nitrogens is 2. The molecule has 0 saturated heterocycles. The average molecular weight is 388 g/mol. The quantitative estimate of drug-likeness (QED) is 0.371.